The molecule has 2 aliphatic heterocycles. The minimum absolute atomic E-state index is 0.00331. The minimum Gasteiger partial charge on any atom is -0.468 e. The summed E-state index contributed by atoms with van der Waals surface area (Å²) in [6.45, 7) is 4.15. The monoisotopic (exact) mass is 320 g/mol. The fourth-order valence-corrected chi connectivity index (χ4v) is 3.53. The molecule has 7 nitrogen and oxygen atoms in total. The first-order valence-electron chi connectivity index (χ1n) is 7.95. The van der Waals surface area contributed by atoms with Crippen LogP contribution in [0, 0.1) is 5.41 Å². The van der Waals surface area contributed by atoms with Crippen LogP contribution in [0.5, 0.6) is 0 Å². The van der Waals surface area contributed by atoms with E-state index in [1.54, 1.807) is 25.3 Å². The molecule has 1 aromatic heterocycles. The van der Waals surface area contributed by atoms with Gasteiger partial charge in [0.25, 0.3) is 0 Å². The Kier molecular flexibility index (Phi) is 4.30. The number of urea groups is 1. The smallest absolute Gasteiger partial charge is 0.319 e. The van der Waals surface area contributed by atoms with Gasteiger partial charge >= 0.3 is 6.03 Å². The highest BCUT2D eigenvalue weighted by molar-refractivity contribution is 5.80. The molecule has 0 bridgehead atoms. The van der Waals surface area contributed by atoms with Crippen molar-refractivity contribution in [2.45, 2.75) is 13.0 Å². The van der Waals surface area contributed by atoms with Crippen molar-refractivity contribution in [3.8, 4) is 0 Å². The largest absolute Gasteiger partial charge is 0.468 e. The number of hydrogen-bond acceptors (Lipinski definition) is 4. The molecule has 0 aromatic carbocycles. The van der Waals surface area contributed by atoms with Crippen LogP contribution in [0.2, 0.25) is 0 Å². The molecule has 0 aliphatic carbocycles. The van der Waals surface area contributed by atoms with E-state index in [0.29, 0.717) is 32.6 Å². The first-order valence-corrected chi connectivity index (χ1v) is 7.95. The molecule has 126 valence electrons. The standard InChI is InChI=1S/C16H24N4O3/c1-18(2)15(22)20-6-5-19(9-13-4-3-7-23-13)11-16(12-20)8-14(21)17-10-16/h3-4,7H,5-6,8-12H2,1-2H3,(H,17,21)/t16-/m1/s1. The summed E-state index contributed by atoms with van der Waals surface area (Å²) in [5.41, 5.74) is -0.216. The van der Waals surface area contributed by atoms with E-state index in [1.165, 1.54) is 0 Å². The number of hydrogen-bond donors (Lipinski definition) is 1. The Balaban J connectivity index is 1.78. The number of carbonyl (C=O) groups is 2. The highest BCUT2D eigenvalue weighted by Crippen LogP contribution is 2.31. The van der Waals surface area contributed by atoms with Crippen molar-refractivity contribution in [2.24, 2.45) is 5.41 Å². The van der Waals surface area contributed by atoms with E-state index >= 15 is 0 Å². The van der Waals surface area contributed by atoms with Crippen molar-refractivity contribution < 1.29 is 14.0 Å². The van der Waals surface area contributed by atoms with Gasteiger partial charge in [-0.3, -0.25) is 9.69 Å². The van der Waals surface area contributed by atoms with Gasteiger partial charge in [0.1, 0.15) is 5.76 Å². The van der Waals surface area contributed by atoms with E-state index in [2.05, 4.69) is 10.2 Å². The summed E-state index contributed by atoms with van der Waals surface area (Å²) in [7, 11) is 3.52. The zero-order chi connectivity index (χ0) is 16.4. The number of rotatable bonds is 2. The third-order valence-corrected chi connectivity index (χ3v) is 4.58. The molecule has 2 saturated heterocycles. The van der Waals surface area contributed by atoms with Crippen molar-refractivity contribution in [1.29, 1.82) is 0 Å². The molecule has 1 atom stereocenters. The Labute approximate surface area is 136 Å². The second kappa shape index (κ2) is 6.23. The lowest BCUT2D eigenvalue weighted by atomic mass is 9.86. The second-order valence-corrected chi connectivity index (χ2v) is 6.84. The van der Waals surface area contributed by atoms with Gasteiger partial charge in [0.2, 0.25) is 5.91 Å². The second-order valence-electron chi connectivity index (χ2n) is 6.84. The Morgan fingerprint density at radius 2 is 2.22 bits per heavy atom. The van der Waals surface area contributed by atoms with Crippen molar-refractivity contribution in [3.05, 3.63) is 24.2 Å². The maximum atomic E-state index is 12.4. The summed E-state index contributed by atoms with van der Waals surface area (Å²) < 4.78 is 5.45. The van der Waals surface area contributed by atoms with Gasteiger partial charge in [0.05, 0.1) is 12.8 Å². The van der Waals surface area contributed by atoms with Crippen molar-refractivity contribution in [1.82, 2.24) is 20.0 Å². The Morgan fingerprint density at radius 1 is 1.39 bits per heavy atom. The van der Waals surface area contributed by atoms with E-state index < -0.39 is 0 Å². The fourth-order valence-electron chi connectivity index (χ4n) is 3.53. The van der Waals surface area contributed by atoms with E-state index in [4.69, 9.17) is 4.42 Å². The minimum atomic E-state index is -0.216. The molecular weight excluding hydrogens is 296 g/mol. The quantitative estimate of drug-likeness (QED) is 0.866. The lowest BCUT2D eigenvalue weighted by Crippen LogP contribution is -2.47. The van der Waals surface area contributed by atoms with E-state index in [0.717, 1.165) is 18.8 Å². The van der Waals surface area contributed by atoms with E-state index in [9.17, 15) is 9.59 Å². The molecule has 3 rings (SSSR count). The van der Waals surface area contributed by atoms with Gasteiger partial charge in [-0.2, -0.15) is 0 Å². The van der Waals surface area contributed by atoms with Crippen LogP contribution in [-0.2, 0) is 11.3 Å². The van der Waals surface area contributed by atoms with Gasteiger partial charge in [0, 0.05) is 58.7 Å². The average molecular weight is 320 g/mol. The molecule has 2 fully saturated rings. The van der Waals surface area contributed by atoms with Gasteiger partial charge in [-0.1, -0.05) is 0 Å². The van der Waals surface area contributed by atoms with Gasteiger partial charge in [-0.15, -0.1) is 0 Å². The van der Waals surface area contributed by atoms with Crippen LogP contribution in [0.15, 0.2) is 22.8 Å². The van der Waals surface area contributed by atoms with Gasteiger partial charge < -0.3 is 19.5 Å². The number of carbonyl (C=O) groups excluding carboxylic acids is 2. The van der Waals surface area contributed by atoms with Crippen molar-refractivity contribution in [3.63, 3.8) is 0 Å². The fraction of sp³-hybridized carbons (Fsp3) is 0.625. The van der Waals surface area contributed by atoms with Gasteiger partial charge in [0.15, 0.2) is 0 Å². The number of amides is 3. The van der Waals surface area contributed by atoms with Crippen molar-refractivity contribution in [2.75, 3.05) is 46.8 Å². The van der Waals surface area contributed by atoms with Crippen LogP contribution in [0.1, 0.15) is 12.2 Å². The molecule has 7 heteroatoms. The normalized spacial score (nSPS) is 25.5. The van der Waals surface area contributed by atoms with E-state index in [-0.39, 0.29) is 17.4 Å². The summed E-state index contributed by atoms with van der Waals surface area (Å²) in [5, 5.41) is 2.94. The van der Waals surface area contributed by atoms with Crippen LogP contribution in [0.3, 0.4) is 0 Å². The first kappa shape index (κ1) is 15.9. The number of nitrogens with one attached hydrogen (secondary N) is 1. The first-order chi connectivity index (χ1) is 11.0. The molecule has 1 spiro atoms. The molecule has 2 aliphatic rings. The predicted molar refractivity (Wildman–Crippen MR) is 84.7 cm³/mol. The molecule has 3 heterocycles. The predicted octanol–water partition coefficient (Wildman–Crippen LogP) is 0.585. The van der Waals surface area contributed by atoms with Crippen LogP contribution in [-0.4, -0.2) is 73.5 Å². The third-order valence-electron chi connectivity index (χ3n) is 4.58. The molecule has 1 N–H and O–H groups in total. The maximum Gasteiger partial charge on any atom is 0.319 e. The van der Waals surface area contributed by atoms with Gasteiger partial charge in [-0.25, -0.2) is 4.79 Å². The molecule has 0 unspecified atom stereocenters. The summed E-state index contributed by atoms with van der Waals surface area (Å²) >= 11 is 0. The van der Waals surface area contributed by atoms with Gasteiger partial charge in [-0.05, 0) is 12.1 Å². The van der Waals surface area contributed by atoms with Crippen LogP contribution < -0.4 is 5.32 Å². The third kappa shape index (κ3) is 3.50. The summed E-state index contributed by atoms with van der Waals surface area (Å²) in [6, 6.07) is 3.84. The molecule has 0 radical (unpaired) electrons. The lowest BCUT2D eigenvalue weighted by molar-refractivity contribution is -0.119. The number of furan rings is 1. The zero-order valence-corrected chi connectivity index (χ0v) is 13.7. The summed E-state index contributed by atoms with van der Waals surface area (Å²) in [5.74, 6) is 0.979. The summed E-state index contributed by atoms with van der Waals surface area (Å²) in [6.07, 6.45) is 2.14. The van der Waals surface area contributed by atoms with Crippen LogP contribution >= 0.6 is 0 Å². The lowest BCUT2D eigenvalue weighted by Gasteiger charge is -2.33. The topological polar surface area (TPSA) is 69.0 Å². The maximum absolute atomic E-state index is 12.4. The number of nitrogens with zero attached hydrogens (tertiary/aromatic N) is 3. The zero-order valence-electron chi connectivity index (χ0n) is 13.7. The molecular formula is C16H24N4O3. The molecule has 0 saturated carbocycles. The van der Waals surface area contributed by atoms with Crippen LogP contribution in [0.4, 0.5) is 4.79 Å². The highest BCUT2D eigenvalue weighted by atomic mass is 16.3. The highest BCUT2D eigenvalue weighted by Gasteiger charge is 2.44. The van der Waals surface area contributed by atoms with Crippen molar-refractivity contribution >= 4 is 11.9 Å². The van der Waals surface area contributed by atoms with Crippen LogP contribution in [0.25, 0.3) is 0 Å². The summed E-state index contributed by atoms with van der Waals surface area (Å²) in [4.78, 5) is 29.9. The Hall–Kier alpha value is -2.02. The SMILES string of the molecule is CN(C)C(=O)N1CCN(Cc2ccco2)C[C@@]2(CNC(=O)C2)C1. The molecule has 23 heavy (non-hydrogen) atoms. The average Bonchev–Trinajstić information content (AvgIpc) is 3.08. The Morgan fingerprint density at radius 3 is 2.83 bits per heavy atom. The molecule has 1 aromatic rings. The van der Waals surface area contributed by atoms with E-state index in [1.807, 2.05) is 17.0 Å². The molecule has 3 amide bonds. The Bertz CT molecular complexity index is 572.